The Labute approximate surface area is 97.4 Å². The largest absolute Gasteiger partial charge is 0.306 e. The molecular formula is C9H9FN4O2S. The molecule has 0 aliphatic heterocycles. The van der Waals surface area contributed by atoms with Crippen LogP contribution in [0.25, 0.3) is 5.95 Å². The van der Waals surface area contributed by atoms with Crippen LogP contribution in [0.15, 0.2) is 24.7 Å². The summed E-state index contributed by atoms with van der Waals surface area (Å²) >= 11 is 0. The Morgan fingerprint density at radius 1 is 1.35 bits per heavy atom. The van der Waals surface area contributed by atoms with Crippen molar-refractivity contribution in [2.45, 2.75) is 12.7 Å². The van der Waals surface area contributed by atoms with Crippen molar-refractivity contribution in [3.05, 3.63) is 35.9 Å². The van der Waals surface area contributed by atoms with Crippen LogP contribution in [-0.2, 0) is 16.0 Å². The van der Waals surface area contributed by atoms with E-state index in [1.807, 2.05) is 0 Å². The summed E-state index contributed by atoms with van der Waals surface area (Å²) in [5, 5.41) is 4.03. The molecule has 0 fully saturated rings. The number of halogens is 1. The van der Waals surface area contributed by atoms with Crippen molar-refractivity contribution in [1.29, 1.82) is 0 Å². The van der Waals surface area contributed by atoms with Gasteiger partial charge in [-0.2, -0.15) is 13.5 Å². The molecule has 2 rings (SSSR count). The summed E-state index contributed by atoms with van der Waals surface area (Å²) in [5.74, 6) is -0.385. The summed E-state index contributed by atoms with van der Waals surface area (Å²) in [6.07, 6.45) is 4.47. The van der Waals surface area contributed by atoms with Crippen molar-refractivity contribution < 1.29 is 12.3 Å². The quantitative estimate of drug-likeness (QED) is 0.758. The first kappa shape index (κ1) is 11.6. The predicted octanol–water partition coefficient (Wildman–Crippen LogP) is 0.770. The molecule has 0 saturated heterocycles. The van der Waals surface area contributed by atoms with Crippen LogP contribution in [0.5, 0.6) is 0 Å². The summed E-state index contributed by atoms with van der Waals surface area (Å²) in [6, 6.07) is 1.65. The van der Waals surface area contributed by atoms with E-state index in [-0.39, 0.29) is 0 Å². The van der Waals surface area contributed by atoms with Crippen LogP contribution in [0.3, 0.4) is 0 Å². The third kappa shape index (κ3) is 2.84. The van der Waals surface area contributed by atoms with E-state index < -0.39 is 16.0 Å². The van der Waals surface area contributed by atoms with E-state index in [1.165, 1.54) is 23.3 Å². The van der Waals surface area contributed by atoms with Gasteiger partial charge < -0.3 is 0 Å². The molecule has 0 aromatic carbocycles. The van der Waals surface area contributed by atoms with Gasteiger partial charge in [-0.15, -0.1) is 3.89 Å². The minimum Gasteiger partial charge on any atom is -0.220 e. The lowest BCUT2D eigenvalue weighted by atomic mass is 10.3. The first-order valence-electron chi connectivity index (χ1n) is 4.70. The summed E-state index contributed by atoms with van der Waals surface area (Å²) in [4.78, 5) is 7.89. The Balaban J connectivity index is 2.38. The van der Waals surface area contributed by atoms with E-state index in [4.69, 9.17) is 0 Å². The monoisotopic (exact) mass is 256 g/mol. The highest BCUT2D eigenvalue weighted by Crippen LogP contribution is 2.13. The normalized spacial score (nSPS) is 11.6. The number of hydrogen-bond acceptors (Lipinski definition) is 5. The number of aromatic nitrogens is 4. The minimum atomic E-state index is -4.56. The van der Waals surface area contributed by atoms with Gasteiger partial charge in [0.05, 0.1) is 5.69 Å². The molecule has 0 amide bonds. The molecule has 0 unspecified atom stereocenters. The topological polar surface area (TPSA) is 77.7 Å². The van der Waals surface area contributed by atoms with Crippen molar-refractivity contribution in [2.75, 3.05) is 0 Å². The van der Waals surface area contributed by atoms with E-state index in [0.29, 0.717) is 17.2 Å². The molecule has 0 spiro atoms. The van der Waals surface area contributed by atoms with Crippen molar-refractivity contribution in [3.8, 4) is 5.95 Å². The molecule has 0 bridgehead atoms. The highest BCUT2D eigenvalue weighted by molar-refractivity contribution is 7.85. The molecule has 0 radical (unpaired) electrons. The lowest BCUT2D eigenvalue weighted by Crippen LogP contribution is -2.00. The fourth-order valence-electron chi connectivity index (χ4n) is 1.34. The summed E-state index contributed by atoms with van der Waals surface area (Å²) in [7, 11) is -4.56. The van der Waals surface area contributed by atoms with Crippen LogP contribution in [0, 0.1) is 6.92 Å². The second kappa shape index (κ2) is 4.21. The first-order chi connectivity index (χ1) is 7.96. The maximum atomic E-state index is 12.6. The Hall–Kier alpha value is -1.83. The summed E-state index contributed by atoms with van der Waals surface area (Å²) in [5.41, 5.74) is 0.721. The van der Waals surface area contributed by atoms with Gasteiger partial charge in [-0.3, -0.25) is 0 Å². The fraction of sp³-hybridized carbons (Fsp3) is 0.222. The third-order valence-electron chi connectivity index (χ3n) is 2.09. The molecule has 0 aliphatic rings. The summed E-state index contributed by atoms with van der Waals surface area (Å²) in [6.45, 7) is 1.60. The molecule has 0 N–H and O–H groups in total. The SMILES string of the molecule is Cc1nn(-c2ncccn2)cc1CS(=O)(=O)F. The van der Waals surface area contributed by atoms with Gasteiger partial charge in [-0.1, -0.05) is 0 Å². The second-order valence-corrected chi connectivity index (χ2v) is 4.78. The van der Waals surface area contributed by atoms with Crippen molar-refractivity contribution in [2.24, 2.45) is 0 Å². The zero-order valence-electron chi connectivity index (χ0n) is 8.91. The van der Waals surface area contributed by atoms with Crippen molar-refractivity contribution >= 4 is 10.2 Å². The van der Waals surface area contributed by atoms with Gasteiger partial charge in [0.2, 0.25) is 5.95 Å². The van der Waals surface area contributed by atoms with Gasteiger partial charge in [0.15, 0.2) is 0 Å². The zero-order valence-corrected chi connectivity index (χ0v) is 9.72. The number of hydrogen-bond donors (Lipinski definition) is 0. The van der Waals surface area contributed by atoms with Crippen LogP contribution in [-0.4, -0.2) is 28.2 Å². The smallest absolute Gasteiger partial charge is 0.220 e. The Morgan fingerprint density at radius 2 is 2.00 bits per heavy atom. The Kier molecular flexibility index (Phi) is 2.88. The predicted molar refractivity (Wildman–Crippen MR) is 57.6 cm³/mol. The first-order valence-corrected chi connectivity index (χ1v) is 6.26. The van der Waals surface area contributed by atoms with E-state index in [0.717, 1.165) is 0 Å². The molecule has 0 aliphatic carbocycles. The Bertz CT molecular complexity index is 624. The van der Waals surface area contributed by atoms with Gasteiger partial charge in [0.25, 0.3) is 0 Å². The molecule has 17 heavy (non-hydrogen) atoms. The molecule has 6 nitrogen and oxygen atoms in total. The highest BCUT2D eigenvalue weighted by Gasteiger charge is 2.15. The molecule has 90 valence electrons. The highest BCUT2D eigenvalue weighted by atomic mass is 32.3. The maximum Gasteiger partial charge on any atom is 0.306 e. The van der Waals surface area contributed by atoms with Gasteiger partial charge in [0.1, 0.15) is 5.75 Å². The average molecular weight is 256 g/mol. The zero-order chi connectivity index (χ0) is 12.5. The molecule has 2 heterocycles. The minimum absolute atomic E-state index is 0.292. The number of nitrogens with zero attached hydrogens (tertiary/aromatic N) is 4. The lowest BCUT2D eigenvalue weighted by molar-refractivity contribution is 0.551. The standard InChI is InChI=1S/C9H9FN4O2S/c1-7-8(6-17(10,15)16)5-14(13-7)9-11-3-2-4-12-9/h2-5H,6H2,1H3. The van der Waals surface area contributed by atoms with Crippen LogP contribution < -0.4 is 0 Å². The van der Waals surface area contributed by atoms with Crippen LogP contribution in [0.1, 0.15) is 11.3 Å². The van der Waals surface area contributed by atoms with Gasteiger partial charge in [0, 0.05) is 24.2 Å². The van der Waals surface area contributed by atoms with E-state index in [2.05, 4.69) is 15.1 Å². The van der Waals surface area contributed by atoms with Crippen molar-refractivity contribution in [3.63, 3.8) is 0 Å². The molecule has 2 aromatic heterocycles. The van der Waals surface area contributed by atoms with E-state index >= 15 is 0 Å². The fourth-order valence-corrected chi connectivity index (χ4v) is 1.99. The second-order valence-electron chi connectivity index (χ2n) is 3.42. The maximum absolute atomic E-state index is 12.6. The van der Waals surface area contributed by atoms with Gasteiger partial charge in [-0.05, 0) is 13.0 Å². The van der Waals surface area contributed by atoms with E-state index in [9.17, 15) is 12.3 Å². The number of aryl methyl sites for hydroxylation is 1. The Morgan fingerprint density at radius 3 is 2.59 bits per heavy atom. The van der Waals surface area contributed by atoms with E-state index in [1.54, 1.807) is 13.0 Å². The molecule has 8 heteroatoms. The molecule has 0 atom stereocenters. The molecular weight excluding hydrogens is 247 g/mol. The van der Waals surface area contributed by atoms with Crippen LogP contribution >= 0.6 is 0 Å². The van der Waals surface area contributed by atoms with Gasteiger partial charge >= 0.3 is 10.2 Å². The van der Waals surface area contributed by atoms with Gasteiger partial charge in [-0.25, -0.2) is 14.6 Å². The van der Waals surface area contributed by atoms with Crippen LogP contribution in [0.4, 0.5) is 3.89 Å². The van der Waals surface area contributed by atoms with Crippen molar-refractivity contribution in [1.82, 2.24) is 19.7 Å². The average Bonchev–Trinajstić information content (AvgIpc) is 2.59. The van der Waals surface area contributed by atoms with Crippen LogP contribution in [0.2, 0.25) is 0 Å². The third-order valence-corrected chi connectivity index (χ3v) is 2.74. The lowest BCUT2D eigenvalue weighted by Gasteiger charge is -1.95. The molecule has 2 aromatic rings. The summed E-state index contributed by atoms with van der Waals surface area (Å²) < 4.78 is 35.0. The molecule has 0 saturated carbocycles. The number of rotatable bonds is 3.